The van der Waals surface area contributed by atoms with Crippen molar-refractivity contribution in [3.63, 3.8) is 0 Å². The molecule has 4 rings (SSSR count). The van der Waals surface area contributed by atoms with E-state index in [9.17, 15) is 21.6 Å². The molecule has 0 fully saturated rings. The number of anilines is 2. The third-order valence-corrected chi connectivity index (χ3v) is 13.7. The second-order valence-corrected chi connectivity index (χ2v) is 18.9. The van der Waals surface area contributed by atoms with Crippen LogP contribution >= 0.6 is 11.6 Å². The smallest absolute Gasteiger partial charge is 0.278 e. The van der Waals surface area contributed by atoms with E-state index in [4.69, 9.17) is 26.3 Å². The van der Waals surface area contributed by atoms with Crippen molar-refractivity contribution < 1.29 is 26.4 Å². The van der Waals surface area contributed by atoms with Crippen LogP contribution in [0.4, 0.5) is 22.7 Å². The summed E-state index contributed by atoms with van der Waals surface area (Å²) in [5.74, 6) is -0.973. The van der Waals surface area contributed by atoms with Gasteiger partial charge in [-0.25, -0.2) is 35.8 Å². The number of nitrogens with zero attached hydrogens (tertiary/aromatic N) is 4. The van der Waals surface area contributed by atoms with Gasteiger partial charge in [-0.05, 0) is 83.5 Å². The van der Waals surface area contributed by atoms with Crippen LogP contribution in [0.2, 0.25) is 5.02 Å². The summed E-state index contributed by atoms with van der Waals surface area (Å²) in [6, 6.07) is 16.1. The topological polar surface area (TPSA) is 150 Å². The number of nitrogens with one attached hydrogen (secondary N) is 2. The molecule has 0 atom stereocenters. The fraction of sp³-hybridized carbons (Fsp3) is 0.500. The van der Waals surface area contributed by atoms with Crippen molar-refractivity contribution in [2.24, 2.45) is 9.98 Å². The highest BCUT2D eigenvalue weighted by Gasteiger charge is 2.44. The van der Waals surface area contributed by atoms with Gasteiger partial charge in [0.25, 0.3) is 15.9 Å². The monoisotopic (exact) mass is 842 g/mol. The maximum Gasteiger partial charge on any atom is 0.278 e. The Hall–Kier alpha value is -3.98. The van der Waals surface area contributed by atoms with Crippen molar-refractivity contribution in [1.29, 1.82) is 0 Å². The van der Waals surface area contributed by atoms with Gasteiger partial charge in [0, 0.05) is 36.9 Å². The number of para-hydroxylation sites is 1. The second kappa shape index (κ2) is 20.6. The van der Waals surface area contributed by atoms with Gasteiger partial charge in [0.2, 0.25) is 10.0 Å². The number of carbonyl (C=O) groups is 1. The van der Waals surface area contributed by atoms with Gasteiger partial charge in [-0.3, -0.25) is 4.79 Å². The minimum absolute atomic E-state index is 0.00784. The van der Waals surface area contributed by atoms with E-state index in [1.807, 2.05) is 12.1 Å². The number of aliphatic imine (C=N–C) groups is 2. The largest absolute Gasteiger partial charge is 0.495 e. The Morgan fingerprint density at radius 2 is 1.49 bits per heavy atom. The Balaban J connectivity index is 1.68. The summed E-state index contributed by atoms with van der Waals surface area (Å²) in [7, 11) is -6.96. The Morgan fingerprint density at radius 1 is 0.895 bits per heavy atom. The van der Waals surface area contributed by atoms with E-state index in [1.165, 1.54) is 63.8 Å². The van der Waals surface area contributed by atoms with Gasteiger partial charge in [0.15, 0.2) is 11.5 Å². The van der Waals surface area contributed by atoms with Crippen LogP contribution in [0.15, 0.2) is 80.4 Å². The lowest BCUT2D eigenvalue weighted by Crippen LogP contribution is -2.54. The molecule has 1 amide bonds. The zero-order valence-corrected chi connectivity index (χ0v) is 36.8. The summed E-state index contributed by atoms with van der Waals surface area (Å²) in [5, 5.41) is 2.65. The number of rotatable bonds is 21. The lowest BCUT2D eigenvalue weighted by molar-refractivity contribution is -0.110. The number of fused-ring (bicyclic) bond motifs is 1. The normalized spacial score (nSPS) is 14.2. The molecule has 1 aliphatic rings. The molecule has 57 heavy (non-hydrogen) atoms. The first-order chi connectivity index (χ1) is 27.1. The van der Waals surface area contributed by atoms with Gasteiger partial charge in [0.1, 0.15) is 15.5 Å². The SMILES string of the molecule is CCCCCCCCCCCCNS(=O)(=O)c1cc(NC(=O)C(=Nc2ccc(N(CC)CC)cc2)C2=Nc3ccccc3S(=O)(=O)N2C(C)(C)C)c(OC)cc1Cl. The lowest BCUT2D eigenvalue weighted by atomic mass is 10.1. The summed E-state index contributed by atoms with van der Waals surface area (Å²) in [6.45, 7) is 13.2. The Bertz CT molecular complexity index is 2110. The van der Waals surface area contributed by atoms with Gasteiger partial charge < -0.3 is 15.0 Å². The third-order valence-electron chi connectivity index (χ3n) is 9.67. The predicted octanol–water partition coefficient (Wildman–Crippen LogP) is 9.64. The number of unbranched alkanes of at least 4 members (excludes halogenated alkanes) is 9. The van der Waals surface area contributed by atoms with Crippen LogP contribution in [0.5, 0.6) is 5.75 Å². The number of benzene rings is 3. The zero-order chi connectivity index (χ0) is 41.8. The number of carbonyl (C=O) groups excluding carboxylic acids is 1. The molecule has 0 unspecified atom stereocenters. The van der Waals surface area contributed by atoms with Gasteiger partial charge >= 0.3 is 0 Å². The van der Waals surface area contributed by atoms with Crippen LogP contribution < -0.4 is 19.7 Å². The van der Waals surface area contributed by atoms with Gasteiger partial charge in [0.05, 0.1) is 29.2 Å². The molecule has 0 aromatic heterocycles. The molecular formula is C42H59ClN6O6S2. The van der Waals surface area contributed by atoms with Crippen molar-refractivity contribution in [3.05, 3.63) is 65.7 Å². The number of ether oxygens (including phenoxy) is 1. The average Bonchev–Trinajstić information content (AvgIpc) is 3.16. The molecule has 0 spiro atoms. The molecule has 2 N–H and O–H groups in total. The van der Waals surface area contributed by atoms with E-state index >= 15 is 0 Å². The van der Waals surface area contributed by atoms with E-state index < -0.39 is 31.5 Å². The number of hydrogen-bond acceptors (Lipinski definition) is 9. The molecule has 0 aliphatic carbocycles. The Kier molecular flexibility index (Phi) is 16.5. The fourth-order valence-electron chi connectivity index (χ4n) is 6.71. The average molecular weight is 844 g/mol. The third kappa shape index (κ3) is 11.8. The summed E-state index contributed by atoms with van der Waals surface area (Å²) in [5.41, 5.74) is 0.0478. The summed E-state index contributed by atoms with van der Waals surface area (Å²) >= 11 is 6.51. The molecule has 3 aromatic carbocycles. The highest BCUT2D eigenvalue weighted by Crippen LogP contribution is 2.38. The minimum Gasteiger partial charge on any atom is -0.495 e. The van der Waals surface area contributed by atoms with E-state index in [0.717, 1.165) is 42.3 Å². The summed E-state index contributed by atoms with van der Waals surface area (Å²) in [6.07, 6.45) is 11.2. The van der Waals surface area contributed by atoms with E-state index in [-0.39, 0.29) is 50.0 Å². The number of halogens is 1. The molecule has 0 bridgehead atoms. The maximum absolute atomic E-state index is 14.6. The Morgan fingerprint density at radius 3 is 2.07 bits per heavy atom. The predicted molar refractivity (Wildman–Crippen MR) is 233 cm³/mol. The molecule has 1 heterocycles. The number of methoxy groups -OCH3 is 1. The molecule has 0 saturated carbocycles. The first-order valence-corrected chi connectivity index (χ1v) is 23.2. The molecule has 0 radical (unpaired) electrons. The van der Waals surface area contributed by atoms with E-state index in [0.29, 0.717) is 12.1 Å². The Labute approximate surface area is 345 Å². The molecule has 312 valence electrons. The van der Waals surface area contributed by atoms with Crippen LogP contribution in [-0.2, 0) is 24.8 Å². The zero-order valence-electron chi connectivity index (χ0n) is 34.4. The number of hydrogen-bond donors (Lipinski definition) is 2. The van der Waals surface area contributed by atoms with E-state index in [1.54, 1.807) is 51.1 Å². The van der Waals surface area contributed by atoms with Crippen LogP contribution in [0.3, 0.4) is 0 Å². The first kappa shape index (κ1) is 45.7. The maximum atomic E-state index is 14.6. The first-order valence-electron chi connectivity index (χ1n) is 19.9. The molecule has 3 aromatic rings. The molecule has 1 aliphatic heterocycles. The highest BCUT2D eigenvalue weighted by atomic mass is 35.5. The second-order valence-electron chi connectivity index (χ2n) is 15.0. The van der Waals surface area contributed by atoms with Gasteiger partial charge in [-0.2, -0.15) is 0 Å². The molecule has 15 heteroatoms. The van der Waals surface area contributed by atoms with Gasteiger partial charge in [-0.15, -0.1) is 0 Å². The molecular weight excluding hydrogens is 784 g/mol. The van der Waals surface area contributed by atoms with Crippen molar-refractivity contribution in [2.75, 3.05) is 37.0 Å². The van der Waals surface area contributed by atoms with Crippen LogP contribution in [0, 0.1) is 0 Å². The van der Waals surface area contributed by atoms with Crippen LogP contribution in [-0.4, -0.2) is 70.9 Å². The molecule has 12 nitrogen and oxygen atoms in total. The van der Waals surface area contributed by atoms with Crippen molar-refractivity contribution in [2.45, 2.75) is 121 Å². The lowest BCUT2D eigenvalue weighted by Gasteiger charge is -2.39. The van der Waals surface area contributed by atoms with Gasteiger partial charge in [-0.1, -0.05) is 88.4 Å². The van der Waals surface area contributed by atoms with Crippen LogP contribution in [0.1, 0.15) is 106 Å². The van der Waals surface area contributed by atoms with Crippen LogP contribution in [0.25, 0.3) is 0 Å². The summed E-state index contributed by atoms with van der Waals surface area (Å²) in [4.78, 5) is 25.9. The fourth-order valence-corrected chi connectivity index (χ4v) is 10.2. The standard InChI is InChI=1S/C42H59ClN6O6S2/c1-8-11-12-13-14-15-16-17-18-21-28-44-56(51,52)38-30-35(36(55-7)29-33(38)43)47-41(50)39(45-31-24-26-32(27-25-31)48(9-2)10-3)40-46-34-22-19-20-23-37(34)57(53,54)49(40)42(4,5)6/h19-20,22-27,29-30,44H,8-18,21,28H2,1-7H3,(H,47,50). The number of amides is 1. The summed E-state index contributed by atoms with van der Waals surface area (Å²) < 4.78 is 64.9. The van der Waals surface area contributed by atoms with Crippen molar-refractivity contribution in [3.8, 4) is 5.75 Å². The number of sulfonamides is 2. The van der Waals surface area contributed by atoms with Crippen molar-refractivity contribution >= 4 is 71.9 Å². The van der Waals surface area contributed by atoms with Crippen molar-refractivity contribution in [1.82, 2.24) is 9.03 Å². The quantitative estimate of drug-likeness (QED) is 0.0801. The number of amidine groups is 1. The molecule has 0 saturated heterocycles. The minimum atomic E-state index is -4.22. The highest BCUT2D eigenvalue weighted by molar-refractivity contribution is 7.90. The van der Waals surface area contributed by atoms with E-state index in [2.05, 4.69) is 35.7 Å².